The van der Waals surface area contributed by atoms with E-state index in [-0.39, 0.29) is 6.42 Å². The molecule has 0 aromatic rings. The average molecular weight is 190 g/mol. The van der Waals surface area contributed by atoms with Gasteiger partial charge in [-0.2, -0.15) is 0 Å². The predicted molar refractivity (Wildman–Crippen MR) is 42.5 cm³/mol. The summed E-state index contributed by atoms with van der Waals surface area (Å²) in [6.45, 7) is 1.67. The van der Waals surface area contributed by atoms with E-state index in [0.717, 1.165) is 0 Å². The third-order valence-corrected chi connectivity index (χ3v) is 1.46. The van der Waals surface area contributed by atoms with Gasteiger partial charge in [-0.25, -0.2) is 4.79 Å². The molecule has 0 bridgehead atoms. The molecule has 0 fully saturated rings. The first-order valence-corrected chi connectivity index (χ1v) is 3.63. The van der Waals surface area contributed by atoms with Crippen LogP contribution in [-0.4, -0.2) is 33.0 Å². The molecule has 0 aliphatic carbocycles. The fourth-order valence-corrected chi connectivity index (χ4v) is 0.867. The smallest absolute Gasteiger partial charge is 0.360 e. The van der Waals surface area contributed by atoms with Crippen molar-refractivity contribution in [2.24, 2.45) is 5.16 Å². The van der Waals surface area contributed by atoms with Gasteiger partial charge in [0.25, 0.3) is 6.04 Å². The highest BCUT2D eigenvalue weighted by molar-refractivity contribution is 6.37. The molecule has 0 saturated heterocycles. The standard InChI is InChI=1S/C6H10N2O5/c1-2-3-4(8(12)13)5(7-11)6(9)10/h4,11H,2-3H2,1H3,(H,9,10). The zero-order valence-electron chi connectivity index (χ0n) is 7.01. The lowest BCUT2D eigenvalue weighted by molar-refractivity contribution is -0.503. The van der Waals surface area contributed by atoms with Gasteiger partial charge in [0.05, 0.1) is 0 Å². The molecular formula is C6H10N2O5. The van der Waals surface area contributed by atoms with Crippen LogP contribution in [0.3, 0.4) is 0 Å². The number of hydrogen-bond donors (Lipinski definition) is 2. The Bertz CT molecular complexity index is 237. The zero-order valence-corrected chi connectivity index (χ0v) is 7.01. The van der Waals surface area contributed by atoms with Gasteiger partial charge in [-0.05, 0) is 6.42 Å². The molecule has 1 unspecified atom stereocenters. The molecule has 0 aromatic heterocycles. The lowest BCUT2D eigenvalue weighted by atomic mass is 10.1. The summed E-state index contributed by atoms with van der Waals surface area (Å²) in [5.41, 5.74) is -0.827. The largest absolute Gasteiger partial charge is 0.476 e. The molecule has 7 heteroatoms. The number of carboxylic acids is 1. The highest BCUT2D eigenvalue weighted by Crippen LogP contribution is 2.04. The van der Waals surface area contributed by atoms with Gasteiger partial charge in [0.15, 0.2) is 0 Å². The molecule has 0 heterocycles. The van der Waals surface area contributed by atoms with Crippen LogP contribution in [0, 0.1) is 10.1 Å². The average Bonchev–Trinajstić information content (AvgIpc) is 2.03. The van der Waals surface area contributed by atoms with E-state index in [9.17, 15) is 14.9 Å². The van der Waals surface area contributed by atoms with E-state index in [1.54, 1.807) is 6.92 Å². The van der Waals surface area contributed by atoms with Gasteiger partial charge in [-0.15, -0.1) is 0 Å². The molecule has 2 N–H and O–H groups in total. The summed E-state index contributed by atoms with van der Waals surface area (Å²) in [7, 11) is 0. The monoisotopic (exact) mass is 190 g/mol. The fraction of sp³-hybridized carbons (Fsp3) is 0.667. The second-order valence-electron chi connectivity index (χ2n) is 2.38. The van der Waals surface area contributed by atoms with Crippen LogP contribution in [0.4, 0.5) is 0 Å². The Morgan fingerprint density at radius 3 is 2.46 bits per heavy atom. The maximum atomic E-state index is 10.4. The number of nitro groups is 1. The molecule has 0 amide bonds. The van der Waals surface area contributed by atoms with Crippen molar-refractivity contribution in [2.75, 3.05) is 0 Å². The number of rotatable bonds is 5. The van der Waals surface area contributed by atoms with Crippen LogP contribution in [0.2, 0.25) is 0 Å². The SMILES string of the molecule is CCCC(C(=NO)C(=O)O)[N+](=O)[O-]. The summed E-state index contributed by atoms with van der Waals surface area (Å²) in [5.74, 6) is -1.57. The Hall–Kier alpha value is -1.66. The Labute approximate surface area is 73.8 Å². The van der Waals surface area contributed by atoms with E-state index in [1.807, 2.05) is 0 Å². The fourth-order valence-electron chi connectivity index (χ4n) is 0.867. The maximum Gasteiger partial charge on any atom is 0.360 e. The second-order valence-corrected chi connectivity index (χ2v) is 2.38. The lowest BCUT2D eigenvalue weighted by Crippen LogP contribution is -2.35. The third kappa shape index (κ3) is 3.06. The summed E-state index contributed by atoms with van der Waals surface area (Å²) in [6.07, 6.45) is 0.483. The molecule has 74 valence electrons. The molecule has 0 aliphatic heterocycles. The van der Waals surface area contributed by atoms with Crippen LogP contribution in [0.15, 0.2) is 5.16 Å². The summed E-state index contributed by atoms with van der Waals surface area (Å²) in [6, 6.07) is -1.44. The molecule has 0 radical (unpaired) electrons. The van der Waals surface area contributed by atoms with Gasteiger partial charge in [0.2, 0.25) is 5.71 Å². The Kier molecular flexibility index (Phi) is 4.42. The van der Waals surface area contributed by atoms with Crippen molar-refractivity contribution in [1.29, 1.82) is 0 Å². The normalized spacial score (nSPS) is 13.8. The van der Waals surface area contributed by atoms with Gasteiger partial charge in [0.1, 0.15) is 0 Å². The zero-order chi connectivity index (χ0) is 10.4. The van der Waals surface area contributed by atoms with Crippen molar-refractivity contribution in [3.63, 3.8) is 0 Å². The molecule has 0 spiro atoms. The van der Waals surface area contributed by atoms with E-state index in [4.69, 9.17) is 10.3 Å². The van der Waals surface area contributed by atoms with Crippen molar-refractivity contribution in [2.45, 2.75) is 25.8 Å². The van der Waals surface area contributed by atoms with Crippen LogP contribution in [-0.2, 0) is 4.79 Å². The summed E-state index contributed by atoms with van der Waals surface area (Å²) in [4.78, 5) is 19.9. The van der Waals surface area contributed by atoms with E-state index in [2.05, 4.69) is 5.16 Å². The van der Waals surface area contributed by atoms with E-state index < -0.39 is 22.6 Å². The van der Waals surface area contributed by atoms with Crippen LogP contribution in [0.5, 0.6) is 0 Å². The Morgan fingerprint density at radius 2 is 2.23 bits per heavy atom. The second kappa shape index (κ2) is 5.07. The molecule has 13 heavy (non-hydrogen) atoms. The minimum Gasteiger partial charge on any atom is -0.476 e. The number of oxime groups is 1. The van der Waals surface area contributed by atoms with Gasteiger partial charge in [0, 0.05) is 11.3 Å². The number of aliphatic carboxylic acids is 1. The van der Waals surface area contributed by atoms with Crippen molar-refractivity contribution in [1.82, 2.24) is 0 Å². The molecule has 0 rings (SSSR count). The lowest BCUT2D eigenvalue weighted by Gasteiger charge is -2.05. The third-order valence-electron chi connectivity index (χ3n) is 1.46. The predicted octanol–water partition coefficient (Wildman–Crippen LogP) is 0.347. The van der Waals surface area contributed by atoms with E-state index in [1.165, 1.54) is 0 Å². The first kappa shape index (κ1) is 11.3. The first-order chi connectivity index (χ1) is 6.04. The van der Waals surface area contributed by atoms with Gasteiger partial charge >= 0.3 is 5.97 Å². The van der Waals surface area contributed by atoms with Crippen molar-refractivity contribution >= 4 is 11.7 Å². The van der Waals surface area contributed by atoms with Crippen molar-refractivity contribution in [3.05, 3.63) is 10.1 Å². The molecule has 0 aliphatic rings. The van der Waals surface area contributed by atoms with E-state index >= 15 is 0 Å². The van der Waals surface area contributed by atoms with Gasteiger partial charge < -0.3 is 10.3 Å². The summed E-state index contributed by atoms with van der Waals surface area (Å²) >= 11 is 0. The van der Waals surface area contributed by atoms with Crippen LogP contribution in [0.25, 0.3) is 0 Å². The molecule has 1 atom stereocenters. The first-order valence-electron chi connectivity index (χ1n) is 3.63. The van der Waals surface area contributed by atoms with Gasteiger partial charge in [-0.3, -0.25) is 10.1 Å². The highest BCUT2D eigenvalue weighted by Gasteiger charge is 2.32. The Balaban J connectivity index is 4.70. The summed E-state index contributed by atoms with van der Waals surface area (Å²) in [5, 5.41) is 29.4. The van der Waals surface area contributed by atoms with Gasteiger partial charge in [-0.1, -0.05) is 12.1 Å². The Morgan fingerprint density at radius 1 is 1.69 bits per heavy atom. The van der Waals surface area contributed by atoms with Crippen LogP contribution >= 0.6 is 0 Å². The van der Waals surface area contributed by atoms with Crippen molar-refractivity contribution < 1.29 is 20.0 Å². The number of carboxylic acid groups (broad SMARTS) is 1. The minimum atomic E-state index is -1.57. The number of hydrogen-bond acceptors (Lipinski definition) is 5. The van der Waals surface area contributed by atoms with Crippen LogP contribution < -0.4 is 0 Å². The molecule has 7 nitrogen and oxygen atoms in total. The number of carbonyl (C=O) groups is 1. The van der Waals surface area contributed by atoms with E-state index in [0.29, 0.717) is 6.42 Å². The topological polar surface area (TPSA) is 113 Å². The summed E-state index contributed by atoms with van der Waals surface area (Å²) < 4.78 is 0. The number of nitrogens with zero attached hydrogens (tertiary/aromatic N) is 2. The minimum absolute atomic E-state index is 0.0404. The molecule has 0 aromatic carbocycles. The molecular weight excluding hydrogens is 180 g/mol. The quantitative estimate of drug-likeness (QED) is 0.281. The highest BCUT2D eigenvalue weighted by atomic mass is 16.6. The van der Waals surface area contributed by atoms with Crippen molar-refractivity contribution in [3.8, 4) is 0 Å². The maximum absolute atomic E-state index is 10.4. The van der Waals surface area contributed by atoms with Crippen LogP contribution in [0.1, 0.15) is 19.8 Å². The molecule has 0 saturated carbocycles.